The summed E-state index contributed by atoms with van der Waals surface area (Å²) >= 11 is 1.48. The largest absolute Gasteiger partial charge is 0.417 e. The monoisotopic (exact) mass is 424 g/mol. The molecule has 2 N–H and O–H groups in total. The third kappa shape index (κ3) is 3.28. The molecule has 0 fully saturated rings. The average Bonchev–Trinajstić information content (AvgIpc) is 3.29. The van der Waals surface area contributed by atoms with Crippen LogP contribution in [0.5, 0.6) is 0 Å². The van der Waals surface area contributed by atoms with Gasteiger partial charge in [0.05, 0.1) is 20.6 Å². The molecule has 0 atom stereocenters. The highest BCUT2D eigenvalue weighted by Gasteiger charge is 2.17. The number of benzene rings is 2. The summed E-state index contributed by atoms with van der Waals surface area (Å²) in [5.74, 6) is -0.638. The fourth-order valence-corrected chi connectivity index (χ4v) is 4.92. The van der Waals surface area contributed by atoms with Crippen LogP contribution in [0.3, 0.4) is 0 Å². The van der Waals surface area contributed by atoms with Crippen molar-refractivity contribution in [2.45, 2.75) is 4.90 Å². The molecule has 5 aromatic rings. The first-order valence-corrected chi connectivity index (χ1v) is 10.7. The van der Waals surface area contributed by atoms with Gasteiger partial charge in [0.1, 0.15) is 5.01 Å². The Labute approximate surface area is 167 Å². The molecule has 3 aromatic heterocycles. The minimum Gasteiger partial charge on any atom is -0.408 e. The molecule has 0 radical (unpaired) electrons. The second-order valence-corrected chi connectivity index (χ2v) is 8.93. The Kier molecular flexibility index (Phi) is 3.96. The maximum absolute atomic E-state index is 12.8. The number of H-pyrrole nitrogens is 1. The number of nitrogens with zero attached hydrogens (tertiary/aromatic N) is 2. The van der Waals surface area contributed by atoms with E-state index in [4.69, 9.17) is 4.42 Å². The predicted molar refractivity (Wildman–Crippen MR) is 110 cm³/mol. The van der Waals surface area contributed by atoms with Crippen molar-refractivity contribution in [1.29, 1.82) is 0 Å². The molecule has 3 heterocycles. The van der Waals surface area contributed by atoms with E-state index in [1.165, 1.54) is 29.5 Å². The standard InChI is InChI=1S/C19H12N4O4S2/c24-19-22-14-5-4-13(9-16(14)27-19)29(25,26)23-12-3-1-2-11(8-12)18-21-15-6-7-20-10-17(15)28-18/h1-10,23H,(H,22,24). The smallest absolute Gasteiger partial charge is 0.408 e. The Bertz CT molecular complexity index is 1500. The number of fused-ring (bicyclic) bond motifs is 2. The molecule has 0 saturated carbocycles. The van der Waals surface area contributed by atoms with Gasteiger partial charge < -0.3 is 4.42 Å². The summed E-state index contributed by atoms with van der Waals surface area (Å²) < 4.78 is 34.0. The lowest BCUT2D eigenvalue weighted by Gasteiger charge is -2.09. The van der Waals surface area contributed by atoms with Gasteiger partial charge in [-0.15, -0.1) is 11.3 Å². The molecule has 0 aliphatic heterocycles. The Morgan fingerprint density at radius 3 is 2.86 bits per heavy atom. The number of pyridine rings is 1. The third-order valence-corrected chi connectivity index (χ3v) is 6.69. The van der Waals surface area contributed by atoms with Gasteiger partial charge in [0.2, 0.25) is 0 Å². The van der Waals surface area contributed by atoms with E-state index >= 15 is 0 Å². The van der Waals surface area contributed by atoms with Gasteiger partial charge in [-0.1, -0.05) is 12.1 Å². The topological polar surface area (TPSA) is 118 Å². The van der Waals surface area contributed by atoms with Crippen LogP contribution in [0, 0.1) is 0 Å². The van der Waals surface area contributed by atoms with Crippen molar-refractivity contribution < 1.29 is 12.8 Å². The maximum Gasteiger partial charge on any atom is 0.417 e. The van der Waals surface area contributed by atoms with Crippen molar-refractivity contribution in [3.05, 3.63) is 71.5 Å². The van der Waals surface area contributed by atoms with Gasteiger partial charge in [-0.2, -0.15) is 0 Å². The van der Waals surface area contributed by atoms with Crippen LogP contribution >= 0.6 is 11.3 Å². The number of aromatic amines is 1. The van der Waals surface area contributed by atoms with Gasteiger partial charge in [0.15, 0.2) is 5.58 Å². The summed E-state index contributed by atoms with van der Waals surface area (Å²) in [6.07, 6.45) is 3.43. The number of anilines is 1. The van der Waals surface area contributed by atoms with Gasteiger partial charge in [0.25, 0.3) is 10.0 Å². The summed E-state index contributed by atoms with van der Waals surface area (Å²) in [7, 11) is -3.87. The van der Waals surface area contributed by atoms with Crippen molar-refractivity contribution in [3.8, 4) is 10.6 Å². The lowest BCUT2D eigenvalue weighted by molar-refractivity contribution is 0.554. The van der Waals surface area contributed by atoms with Crippen LogP contribution in [0.15, 0.2) is 75.0 Å². The molecule has 0 saturated heterocycles. The van der Waals surface area contributed by atoms with Crippen molar-refractivity contribution in [2.24, 2.45) is 0 Å². The minimum absolute atomic E-state index is 0.00999. The number of nitrogens with one attached hydrogen (secondary N) is 2. The molecule has 0 amide bonds. The molecule has 0 bridgehead atoms. The van der Waals surface area contributed by atoms with Crippen LogP contribution in [0.2, 0.25) is 0 Å². The molecule has 2 aromatic carbocycles. The van der Waals surface area contributed by atoms with Gasteiger partial charge in [0, 0.05) is 29.7 Å². The Morgan fingerprint density at radius 1 is 1.10 bits per heavy atom. The Hall–Kier alpha value is -3.50. The molecule has 0 aliphatic carbocycles. The van der Waals surface area contributed by atoms with E-state index in [1.54, 1.807) is 30.6 Å². The van der Waals surface area contributed by atoms with Crippen molar-refractivity contribution in [1.82, 2.24) is 15.0 Å². The van der Waals surface area contributed by atoms with Gasteiger partial charge in [-0.25, -0.2) is 18.2 Å². The number of thiazole rings is 1. The second-order valence-electron chi connectivity index (χ2n) is 6.22. The number of hydrogen-bond donors (Lipinski definition) is 2. The van der Waals surface area contributed by atoms with Crippen LogP contribution in [-0.4, -0.2) is 23.4 Å². The molecule has 0 spiro atoms. The lowest BCUT2D eigenvalue weighted by Crippen LogP contribution is -2.12. The summed E-state index contributed by atoms with van der Waals surface area (Å²) in [5.41, 5.74) is 2.64. The third-order valence-electron chi connectivity index (χ3n) is 4.26. The first kappa shape index (κ1) is 17.6. The van der Waals surface area contributed by atoms with Crippen LogP contribution < -0.4 is 10.5 Å². The normalized spacial score (nSPS) is 11.9. The van der Waals surface area contributed by atoms with E-state index in [2.05, 4.69) is 19.7 Å². The number of sulfonamides is 1. The van der Waals surface area contributed by atoms with Crippen molar-refractivity contribution in [3.63, 3.8) is 0 Å². The SMILES string of the molecule is O=c1[nH]c2ccc(S(=O)(=O)Nc3cccc(-c4nc5ccncc5s4)c3)cc2o1. The van der Waals surface area contributed by atoms with Crippen molar-refractivity contribution >= 4 is 48.4 Å². The van der Waals surface area contributed by atoms with Crippen LogP contribution in [0.1, 0.15) is 0 Å². The van der Waals surface area contributed by atoms with E-state index in [-0.39, 0.29) is 10.5 Å². The van der Waals surface area contributed by atoms with E-state index in [9.17, 15) is 13.2 Å². The minimum atomic E-state index is -3.87. The first-order valence-electron chi connectivity index (χ1n) is 8.45. The van der Waals surface area contributed by atoms with Crippen LogP contribution in [-0.2, 0) is 10.0 Å². The molecule has 10 heteroatoms. The zero-order valence-electron chi connectivity index (χ0n) is 14.6. The van der Waals surface area contributed by atoms with Crippen molar-refractivity contribution in [2.75, 3.05) is 4.72 Å². The van der Waals surface area contributed by atoms with Gasteiger partial charge >= 0.3 is 5.76 Å². The summed E-state index contributed by atoms with van der Waals surface area (Å²) in [6, 6.07) is 13.0. The van der Waals surface area contributed by atoms with Crippen LogP contribution in [0.4, 0.5) is 5.69 Å². The highest BCUT2D eigenvalue weighted by Crippen LogP contribution is 2.31. The fourth-order valence-electron chi connectivity index (χ4n) is 2.93. The molecule has 5 rings (SSSR count). The van der Waals surface area contributed by atoms with Gasteiger partial charge in [-0.05, 0) is 30.3 Å². The first-order chi connectivity index (χ1) is 14.0. The molecule has 0 aliphatic rings. The highest BCUT2D eigenvalue weighted by molar-refractivity contribution is 7.92. The second kappa shape index (κ2) is 6.54. The Balaban J connectivity index is 1.49. The lowest BCUT2D eigenvalue weighted by atomic mass is 10.2. The number of oxazole rings is 1. The summed E-state index contributed by atoms with van der Waals surface area (Å²) in [4.78, 5) is 22.4. The molecular formula is C19H12N4O4S2. The molecular weight excluding hydrogens is 412 g/mol. The zero-order chi connectivity index (χ0) is 20.0. The summed E-state index contributed by atoms with van der Waals surface area (Å²) in [5, 5.41) is 0.768. The predicted octanol–water partition coefficient (Wildman–Crippen LogP) is 3.59. The van der Waals surface area contributed by atoms with E-state index in [0.29, 0.717) is 11.2 Å². The summed E-state index contributed by atoms with van der Waals surface area (Å²) in [6.45, 7) is 0. The molecule has 144 valence electrons. The maximum atomic E-state index is 12.8. The molecule has 29 heavy (non-hydrogen) atoms. The molecule has 8 nitrogen and oxygen atoms in total. The average molecular weight is 424 g/mol. The number of aromatic nitrogens is 3. The van der Waals surface area contributed by atoms with E-state index in [0.717, 1.165) is 20.8 Å². The van der Waals surface area contributed by atoms with E-state index in [1.807, 2.05) is 12.1 Å². The highest BCUT2D eigenvalue weighted by atomic mass is 32.2. The van der Waals surface area contributed by atoms with E-state index < -0.39 is 15.8 Å². The fraction of sp³-hybridized carbons (Fsp3) is 0. The Morgan fingerprint density at radius 2 is 2.00 bits per heavy atom. The number of hydrogen-bond acceptors (Lipinski definition) is 7. The number of rotatable bonds is 4. The van der Waals surface area contributed by atoms with Crippen LogP contribution in [0.25, 0.3) is 31.9 Å². The molecule has 0 unspecified atom stereocenters. The zero-order valence-corrected chi connectivity index (χ0v) is 16.3. The van der Waals surface area contributed by atoms with Gasteiger partial charge in [-0.3, -0.25) is 14.7 Å². The quantitative estimate of drug-likeness (QED) is 0.455.